The molecule has 2 aliphatic rings. The maximum Gasteiger partial charge on any atom is 0.243 e. The summed E-state index contributed by atoms with van der Waals surface area (Å²) in [5.41, 5.74) is 1.39. The van der Waals surface area contributed by atoms with Crippen molar-refractivity contribution in [2.45, 2.75) is 37.0 Å². The molecule has 0 aliphatic carbocycles. The normalized spacial score (nSPS) is 18.8. The standard InChI is InChI=1S/C28H34N4O5S/c1-36-25-12-9-22(18-26(25)37-2)29-28(33)21-7-6-14-31(19-21)27-13-8-20-17-23(10-11-24(20)30-27)38(34,35)32-15-4-3-5-16-32/h8-13,17-18,21H,3-7,14-16,19H2,1-2H3,(H,29,33)/t21-/m0/s1. The number of benzene rings is 2. The van der Waals surface area contributed by atoms with Gasteiger partial charge < -0.3 is 19.7 Å². The molecule has 2 aromatic carbocycles. The van der Waals surface area contributed by atoms with Crippen molar-refractivity contribution in [3.05, 3.63) is 48.5 Å². The second-order valence-corrected chi connectivity index (χ2v) is 11.8. The first-order chi connectivity index (χ1) is 18.4. The first-order valence-electron chi connectivity index (χ1n) is 13.1. The minimum absolute atomic E-state index is 0.0460. The van der Waals surface area contributed by atoms with E-state index in [4.69, 9.17) is 14.5 Å². The van der Waals surface area contributed by atoms with E-state index in [0.29, 0.717) is 41.7 Å². The van der Waals surface area contributed by atoms with Gasteiger partial charge in [0, 0.05) is 43.3 Å². The first kappa shape index (κ1) is 26.2. The maximum atomic E-state index is 13.1. The average Bonchev–Trinajstić information content (AvgIpc) is 2.97. The number of carbonyl (C=O) groups is 1. The van der Waals surface area contributed by atoms with Crippen molar-refractivity contribution >= 4 is 38.3 Å². The van der Waals surface area contributed by atoms with E-state index in [-0.39, 0.29) is 11.8 Å². The second kappa shape index (κ2) is 11.2. The molecular weight excluding hydrogens is 504 g/mol. The number of nitrogens with one attached hydrogen (secondary N) is 1. The molecule has 202 valence electrons. The Bertz CT molecular complexity index is 1420. The number of hydrogen-bond donors (Lipinski definition) is 1. The third-order valence-corrected chi connectivity index (χ3v) is 9.26. The number of piperidine rings is 2. The Balaban J connectivity index is 1.29. The van der Waals surface area contributed by atoms with E-state index < -0.39 is 10.0 Å². The maximum absolute atomic E-state index is 13.1. The van der Waals surface area contributed by atoms with Gasteiger partial charge in [-0.25, -0.2) is 13.4 Å². The number of aromatic nitrogens is 1. The van der Waals surface area contributed by atoms with Crippen molar-refractivity contribution in [1.29, 1.82) is 0 Å². The van der Waals surface area contributed by atoms with Crippen LogP contribution in [0.2, 0.25) is 0 Å². The SMILES string of the molecule is COc1ccc(NC(=O)[C@H]2CCCN(c3ccc4cc(S(=O)(=O)N5CCCCC5)ccc4n3)C2)cc1OC. The van der Waals surface area contributed by atoms with E-state index >= 15 is 0 Å². The summed E-state index contributed by atoms with van der Waals surface area (Å²) >= 11 is 0. The zero-order chi connectivity index (χ0) is 26.7. The van der Waals surface area contributed by atoms with E-state index in [2.05, 4.69) is 10.2 Å². The minimum Gasteiger partial charge on any atom is -0.493 e. The summed E-state index contributed by atoms with van der Waals surface area (Å²) in [4.78, 5) is 20.3. The number of pyridine rings is 1. The molecule has 1 atom stereocenters. The van der Waals surface area contributed by atoms with E-state index in [0.717, 1.165) is 55.4 Å². The summed E-state index contributed by atoms with van der Waals surface area (Å²) in [6, 6.07) is 14.3. The third-order valence-electron chi connectivity index (χ3n) is 7.37. The van der Waals surface area contributed by atoms with Gasteiger partial charge in [-0.15, -0.1) is 0 Å². The molecule has 3 heterocycles. The number of ether oxygens (including phenoxy) is 2. The summed E-state index contributed by atoms with van der Waals surface area (Å²) < 4.78 is 38.4. The summed E-state index contributed by atoms with van der Waals surface area (Å²) in [5, 5.41) is 3.79. The Morgan fingerprint density at radius 3 is 2.47 bits per heavy atom. The molecular formula is C28H34N4O5S. The van der Waals surface area contributed by atoms with Crippen LogP contribution in [-0.2, 0) is 14.8 Å². The predicted molar refractivity (Wildman–Crippen MR) is 147 cm³/mol. The molecule has 0 bridgehead atoms. The zero-order valence-corrected chi connectivity index (χ0v) is 22.7. The van der Waals surface area contributed by atoms with Crippen molar-refractivity contribution in [3.8, 4) is 11.5 Å². The number of nitrogens with zero attached hydrogens (tertiary/aromatic N) is 3. The molecule has 1 N–H and O–H groups in total. The minimum atomic E-state index is -3.50. The Morgan fingerprint density at radius 2 is 1.71 bits per heavy atom. The van der Waals surface area contributed by atoms with Gasteiger partial charge in [0.05, 0.1) is 30.5 Å². The molecule has 0 unspecified atom stereocenters. The van der Waals surface area contributed by atoms with Crippen molar-refractivity contribution < 1.29 is 22.7 Å². The lowest BCUT2D eigenvalue weighted by molar-refractivity contribution is -0.120. The quantitative estimate of drug-likeness (QED) is 0.479. The van der Waals surface area contributed by atoms with Crippen LogP contribution < -0.4 is 19.7 Å². The van der Waals surface area contributed by atoms with Crippen LogP contribution in [0.25, 0.3) is 10.9 Å². The topological polar surface area (TPSA) is 101 Å². The van der Waals surface area contributed by atoms with Crippen molar-refractivity contribution in [3.63, 3.8) is 0 Å². The van der Waals surface area contributed by atoms with Crippen LogP contribution in [0, 0.1) is 5.92 Å². The molecule has 2 aliphatic heterocycles. The van der Waals surface area contributed by atoms with E-state index in [9.17, 15) is 13.2 Å². The molecule has 2 fully saturated rings. The van der Waals surface area contributed by atoms with Crippen LogP contribution in [0.1, 0.15) is 32.1 Å². The average molecular weight is 539 g/mol. The van der Waals surface area contributed by atoms with E-state index in [1.165, 1.54) is 0 Å². The van der Waals surface area contributed by atoms with Crippen molar-refractivity contribution in [2.75, 3.05) is 50.6 Å². The van der Waals surface area contributed by atoms with Gasteiger partial charge in [0.15, 0.2) is 11.5 Å². The fourth-order valence-corrected chi connectivity index (χ4v) is 6.79. The summed E-state index contributed by atoms with van der Waals surface area (Å²) in [6.45, 7) is 2.51. The molecule has 38 heavy (non-hydrogen) atoms. The molecule has 1 amide bonds. The Morgan fingerprint density at radius 1 is 0.921 bits per heavy atom. The van der Waals surface area contributed by atoms with Crippen LogP contribution in [0.15, 0.2) is 53.4 Å². The monoisotopic (exact) mass is 538 g/mol. The molecule has 0 radical (unpaired) electrons. The fraction of sp³-hybridized carbons (Fsp3) is 0.429. The highest BCUT2D eigenvalue weighted by Crippen LogP contribution is 2.31. The van der Waals surface area contributed by atoms with Gasteiger partial charge in [-0.2, -0.15) is 4.31 Å². The number of carbonyl (C=O) groups excluding carboxylic acids is 1. The molecule has 9 nitrogen and oxygen atoms in total. The molecule has 5 rings (SSSR count). The number of amides is 1. The highest BCUT2D eigenvalue weighted by molar-refractivity contribution is 7.89. The molecule has 10 heteroatoms. The van der Waals surface area contributed by atoms with Gasteiger partial charge in [-0.3, -0.25) is 4.79 Å². The lowest BCUT2D eigenvalue weighted by Gasteiger charge is -2.33. The summed E-state index contributed by atoms with van der Waals surface area (Å²) in [6.07, 6.45) is 4.55. The third kappa shape index (κ3) is 5.42. The van der Waals surface area contributed by atoms with Gasteiger partial charge in [0.1, 0.15) is 5.82 Å². The molecule has 0 saturated carbocycles. The van der Waals surface area contributed by atoms with Crippen LogP contribution in [0.5, 0.6) is 11.5 Å². The lowest BCUT2D eigenvalue weighted by Crippen LogP contribution is -2.41. The number of anilines is 2. The van der Waals surface area contributed by atoms with Gasteiger partial charge in [-0.1, -0.05) is 6.42 Å². The first-order valence-corrected chi connectivity index (χ1v) is 14.5. The van der Waals surface area contributed by atoms with Gasteiger partial charge in [0.2, 0.25) is 15.9 Å². The number of sulfonamides is 1. The Hall–Kier alpha value is -3.37. The van der Waals surface area contributed by atoms with Crippen LogP contribution in [0.4, 0.5) is 11.5 Å². The van der Waals surface area contributed by atoms with Crippen LogP contribution >= 0.6 is 0 Å². The van der Waals surface area contributed by atoms with Crippen LogP contribution in [-0.4, -0.2) is 64.0 Å². The van der Waals surface area contributed by atoms with E-state index in [1.54, 1.807) is 54.9 Å². The number of fused-ring (bicyclic) bond motifs is 1. The summed E-state index contributed by atoms with van der Waals surface area (Å²) in [5.74, 6) is 1.71. The number of hydrogen-bond acceptors (Lipinski definition) is 7. The fourth-order valence-electron chi connectivity index (χ4n) is 5.24. The zero-order valence-electron chi connectivity index (χ0n) is 21.9. The largest absolute Gasteiger partial charge is 0.493 e. The summed E-state index contributed by atoms with van der Waals surface area (Å²) in [7, 11) is -0.363. The lowest BCUT2D eigenvalue weighted by atomic mass is 9.97. The number of rotatable bonds is 7. The van der Waals surface area contributed by atoms with Crippen molar-refractivity contribution in [2.24, 2.45) is 5.92 Å². The Kier molecular flexibility index (Phi) is 7.71. The second-order valence-electron chi connectivity index (χ2n) is 9.83. The predicted octanol–water partition coefficient (Wildman–Crippen LogP) is 4.28. The molecule has 3 aromatic rings. The van der Waals surface area contributed by atoms with E-state index in [1.807, 2.05) is 12.1 Å². The number of methoxy groups -OCH3 is 2. The van der Waals surface area contributed by atoms with Gasteiger partial charge in [-0.05, 0) is 68.1 Å². The molecule has 1 aromatic heterocycles. The highest BCUT2D eigenvalue weighted by atomic mass is 32.2. The smallest absolute Gasteiger partial charge is 0.243 e. The van der Waals surface area contributed by atoms with Gasteiger partial charge in [0.25, 0.3) is 0 Å². The molecule has 2 saturated heterocycles. The van der Waals surface area contributed by atoms with Crippen LogP contribution in [0.3, 0.4) is 0 Å². The molecule has 0 spiro atoms. The highest BCUT2D eigenvalue weighted by Gasteiger charge is 2.28. The van der Waals surface area contributed by atoms with Crippen molar-refractivity contribution in [1.82, 2.24) is 9.29 Å². The van der Waals surface area contributed by atoms with Gasteiger partial charge >= 0.3 is 0 Å². The Labute approximate surface area is 223 Å².